The molecule has 0 saturated carbocycles. The van der Waals surface area contributed by atoms with E-state index in [-0.39, 0.29) is 5.41 Å². The van der Waals surface area contributed by atoms with Crippen molar-refractivity contribution in [3.05, 3.63) is 0 Å². The van der Waals surface area contributed by atoms with Gasteiger partial charge in [-0.3, -0.25) is 9.98 Å². The highest BCUT2D eigenvalue weighted by atomic mass is 15.1. The molecular formula is C15H28N4. The molecule has 0 aromatic heterocycles. The summed E-state index contributed by atoms with van der Waals surface area (Å²) in [4.78, 5) is 9.18. The zero-order valence-corrected chi connectivity index (χ0v) is 13.0. The number of rotatable bonds is 5. The third-order valence-corrected chi connectivity index (χ3v) is 3.87. The molecular weight excluding hydrogens is 236 g/mol. The van der Waals surface area contributed by atoms with Crippen LogP contribution in [0.25, 0.3) is 0 Å². The Hall–Kier alpha value is -1.06. The molecule has 3 unspecified atom stereocenters. The smallest absolute Gasteiger partial charge is 0.0995 e. The lowest BCUT2D eigenvalue weighted by atomic mass is 9.80. The number of nitrogens with zero attached hydrogens (tertiary/aromatic N) is 2. The van der Waals surface area contributed by atoms with Crippen LogP contribution >= 0.6 is 0 Å². The van der Waals surface area contributed by atoms with Gasteiger partial charge < -0.3 is 10.6 Å². The molecule has 4 nitrogen and oxygen atoms in total. The Morgan fingerprint density at radius 3 is 2.32 bits per heavy atom. The summed E-state index contributed by atoms with van der Waals surface area (Å²) >= 11 is 0. The van der Waals surface area contributed by atoms with Gasteiger partial charge in [0.05, 0.1) is 24.8 Å². The highest BCUT2D eigenvalue weighted by molar-refractivity contribution is 5.86. The van der Waals surface area contributed by atoms with Gasteiger partial charge in [0, 0.05) is 24.4 Å². The van der Waals surface area contributed by atoms with Crippen LogP contribution in [0.2, 0.25) is 0 Å². The second kappa shape index (κ2) is 5.51. The van der Waals surface area contributed by atoms with Crippen molar-refractivity contribution >= 4 is 11.7 Å². The molecule has 0 saturated heterocycles. The number of nitrogens with one attached hydrogen (secondary N) is 2. The second-order valence-electron chi connectivity index (χ2n) is 7.05. The van der Waals surface area contributed by atoms with Gasteiger partial charge in [0.25, 0.3) is 0 Å². The maximum absolute atomic E-state index is 4.60. The molecule has 0 aliphatic carbocycles. The summed E-state index contributed by atoms with van der Waals surface area (Å²) in [5, 5.41) is 6.94. The van der Waals surface area contributed by atoms with Crippen LogP contribution in [0.5, 0.6) is 0 Å². The normalized spacial score (nSPS) is 28.5. The zero-order chi connectivity index (χ0) is 14.0. The van der Waals surface area contributed by atoms with Gasteiger partial charge >= 0.3 is 0 Å². The summed E-state index contributed by atoms with van der Waals surface area (Å²) in [7, 11) is 0. The van der Waals surface area contributed by atoms with Crippen LogP contribution in [-0.4, -0.2) is 36.8 Å². The van der Waals surface area contributed by atoms with E-state index < -0.39 is 0 Å². The van der Waals surface area contributed by atoms with Crippen molar-refractivity contribution in [3.8, 4) is 0 Å². The maximum Gasteiger partial charge on any atom is 0.0995 e. The lowest BCUT2D eigenvalue weighted by Crippen LogP contribution is -2.35. The third-order valence-electron chi connectivity index (χ3n) is 3.87. The van der Waals surface area contributed by atoms with Gasteiger partial charge in [-0.25, -0.2) is 0 Å². The summed E-state index contributed by atoms with van der Waals surface area (Å²) in [6.07, 6.45) is 2.17. The van der Waals surface area contributed by atoms with E-state index in [1.54, 1.807) is 0 Å². The SMILES string of the molecule is CC1CN=C(CC(C)(C)CC(C)C2=NCC(C)N2)N1. The lowest BCUT2D eigenvalue weighted by molar-refractivity contribution is 0.317. The van der Waals surface area contributed by atoms with E-state index in [2.05, 4.69) is 55.2 Å². The number of amidine groups is 2. The van der Waals surface area contributed by atoms with Crippen molar-refractivity contribution in [2.24, 2.45) is 21.3 Å². The van der Waals surface area contributed by atoms with Crippen LogP contribution in [0.1, 0.15) is 47.5 Å². The molecule has 3 atom stereocenters. The number of hydrogen-bond acceptors (Lipinski definition) is 4. The molecule has 0 amide bonds. The number of hydrogen-bond donors (Lipinski definition) is 2. The van der Waals surface area contributed by atoms with E-state index in [0.717, 1.165) is 25.9 Å². The molecule has 0 bridgehead atoms. The first kappa shape index (κ1) is 14.4. The fourth-order valence-electron chi connectivity index (χ4n) is 3.06. The van der Waals surface area contributed by atoms with E-state index >= 15 is 0 Å². The second-order valence-corrected chi connectivity index (χ2v) is 7.05. The quantitative estimate of drug-likeness (QED) is 0.800. The Morgan fingerprint density at radius 2 is 1.79 bits per heavy atom. The average Bonchev–Trinajstić information content (AvgIpc) is 2.86. The topological polar surface area (TPSA) is 48.8 Å². The van der Waals surface area contributed by atoms with Gasteiger partial charge in [-0.15, -0.1) is 0 Å². The minimum atomic E-state index is 0.255. The molecule has 2 aliphatic rings. The standard InChI is InChI=1S/C15H28N4/c1-10(14-17-9-12(3)19-14)6-15(4,5)7-13-16-8-11(2)18-13/h10-12H,6-9H2,1-5H3,(H,16,18)(H,17,19). The predicted octanol–water partition coefficient (Wildman–Crippen LogP) is 2.21. The summed E-state index contributed by atoms with van der Waals surface area (Å²) in [5.74, 6) is 2.87. The zero-order valence-electron chi connectivity index (χ0n) is 13.0. The molecule has 0 fully saturated rings. The molecule has 0 aromatic carbocycles. The Bertz CT molecular complexity index is 384. The Morgan fingerprint density at radius 1 is 1.16 bits per heavy atom. The first-order chi connectivity index (χ1) is 8.85. The first-order valence-electron chi connectivity index (χ1n) is 7.46. The van der Waals surface area contributed by atoms with Crippen LogP contribution in [0.3, 0.4) is 0 Å². The maximum atomic E-state index is 4.60. The van der Waals surface area contributed by atoms with Crippen LogP contribution in [-0.2, 0) is 0 Å². The van der Waals surface area contributed by atoms with E-state index in [4.69, 9.17) is 0 Å². The van der Waals surface area contributed by atoms with Gasteiger partial charge in [0.2, 0.25) is 0 Å². The van der Waals surface area contributed by atoms with E-state index in [0.29, 0.717) is 18.0 Å². The molecule has 2 rings (SSSR count). The number of aliphatic imine (C=N–C) groups is 2. The predicted molar refractivity (Wildman–Crippen MR) is 82.0 cm³/mol. The Balaban J connectivity index is 1.86. The van der Waals surface area contributed by atoms with Gasteiger partial charge in [-0.1, -0.05) is 20.8 Å². The van der Waals surface area contributed by atoms with Crippen molar-refractivity contribution in [1.82, 2.24) is 10.6 Å². The van der Waals surface area contributed by atoms with Crippen LogP contribution < -0.4 is 10.6 Å². The molecule has 0 spiro atoms. The van der Waals surface area contributed by atoms with Crippen molar-refractivity contribution in [3.63, 3.8) is 0 Å². The van der Waals surface area contributed by atoms with Gasteiger partial charge in [-0.05, 0) is 25.7 Å². The van der Waals surface area contributed by atoms with Crippen molar-refractivity contribution < 1.29 is 0 Å². The largest absolute Gasteiger partial charge is 0.370 e. The highest BCUT2D eigenvalue weighted by Crippen LogP contribution is 2.31. The fraction of sp³-hybridized carbons (Fsp3) is 0.867. The molecule has 2 N–H and O–H groups in total. The van der Waals surface area contributed by atoms with E-state index in [9.17, 15) is 0 Å². The fourth-order valence-corrected chi connectivity index (χ4v) is 3.06. The van der Waals surface area contributed by atoms with Crippen LogP contribution in [0.4, 0.5) is 0 Å². The average molecular weight is 264 g/mol. The summed E-state index contributed by atoms with van der Waals surface area (Å²) in [6.45, 7) is 13.2. The van der Waals surface area contributed by atoms with Crippen molar-refractivity contribution in [2.45, 2.75) is 59.5 Å². The van der Waals surface area contributed by atoms with E-state index in [1.165, 1.54) is 11.7 Å². The molecule has 108 valence electrons. The summed E-state index contributed by atoms with van der Waals surface area (Å²) in [5.41, 5.74) is 0.255. The molecule has 4 heteroatoms. The molecule has 0 aromatic rings. The molecule has 19 heavy (non-hydrogen) atoms. The third kappa shape index (κ3) is 3.95. The summed E-state index contributed by atoms with van der Waals surface area (Å²) < 4.78 is 0. The Kier molecular flexibility index (Phi) is 4.16. The van der Waals surface area contributed by atoms with Crippen molar-refractivity contribution in [1.29, 1.82) is 0 Å². The van der Waals surface area contributed by atoms with Crippen LogP contribution in [0.15, 0.2) is 9.98 Å². The van der Waals surface area contributed by atoms with Crippen molar-refractivity contribution in [2.75, 3.05) is 13.1 Å². The Labute approximate surface area is 117 Å². The van der Waals surface area contributed by atoms with Gasteiger partial charge in [-0.2, -0.15) is 0 Å². The molecule has 0 radical (unpaired) electrons. The lowest BCUT2D eigenvalue weighted by Gasteiger charge is -2.28. The minimum absolute atomic E-state index is 0.255. The molecule has 2 heterocycles. The van der Waals surface area contributed by atoms with Gasteiger partial charge in [0.1, 0.15) is 0 Å². The molecule has 2 aliphatic heterocycles. The minimum Gasteiger partial charge on any atom is -0.370 e. The monoisotopic (exact) mass is 264 g/mol. The summed E-state index contributed by atoms with van der Waals surface area (Å²) in [6, 6.07) is 1.01. The van der Waals surface area contributed by atoms with E-state index in [1.807, 2.05) is 0 Å². The first-order valence-corrected chi connectivity index (χ1v) is 7.46. The van der Waals surface area contributed by atoms with Crippen LogP contribution in [0, 0.1) is 11.3 Å². The highest BCUT2D eigenvalue weighted by Gasteiger charge is 2.28. The van der Waals surface area contributed by atoms with Gasteiger partial charge in [0.15, 0.2) is 0 Å².